The minimum atomic E-state index is 0.844. The Labute approximate surface area is 403 Å². The Bertz CT molecular complexity index is 4370. The van der Waals surface area contributed by atoms with Gasteiger partial charge in [0.15, 0.2) is 0 Å². The van der Waals surface area contributed by atoms with E-state index in [4.69, 9.17) is 9.97 Å². The summed E-state index contributed by atoms with van der Waals surface area (Å²) < 4.78 is 2.66. The molecule has 3 heteroatoms. The highest BCUT2D eigenvalue weighted by Crippen LogP contribution is 2.42. The monoisotopic (exact) mass is 892 g/mol. The molecular weight excluding hydrogens is 853 g/mol. The predicted octanol–water partition coefficient (Wildman–Crippen LogP) is 18.6. The molecule has 0 atom stereocenters. The number of hydrogen-bond donors (Lipinski definition) is 0. The van der Waals surface area contributed by atoms with Crippen LogP contribution in [0.15, 0.2) is 243 Å². The molecule has 0 unspecified atom stereocenters. The average molecular weight is 893 g/mol. The van der Waals surface area contributed by atoms with Gasteiger partial charge in [0.25, 0.3) is 0 Å². The number of fused-ring (bicyclic) bond motifs is 11. The molecule has 0 bridgehead atoms. The van der Waals surface area contributed by atoms with Gasteiger partial charge in [-0.3, -0.25) is 4.98 Å². The highest BCUT2D eigenvalue weighted by Gasteiger charge is 2.17. The Morgan fingerprint density at radius 3 is 1.43 bits per heavy atom. The van der Waals surface area contributed by atoms with Gasteiger partial charge in [0, 0.05) is 36.5 Å². The van der Waals surface area contributed by atoms with Gasteiger partial charge in [-0.15, -0.1) is 11.3 Å². The first kappa shape index (κ1) is 39.4. The second kappa shape index (κ2) is 16.0. The Morgan fingerprint density at radius 1 is 0.275 bits per heavy atom. The van der Waals surface area contributed by atoms with Crippen LogP contribution in [0.5, 0.6) is 0 Å². The summed E-state index contributed by atoms with van der Waals surface area (Å²) in [5.74, 6) is 0. The van der Waals surface area contributed by atoms with Crippen molar-refractivity contribution in [3.05, 3.63) is 243 Å². The van der Waals surface area contributed by atoms with Gasteiger partial charge in [0.1, 0.15) is 0 Å². The Hall–Kier alpha value is -8.76. The molecule has 0 aliphatic heterocycles. The second-order valence-corrected chi connectivity index (χ2v) is 19.2. The normalized spacial score (nSPS) is 11.8. The van der Waals surface area contributed by atoms with Crippen molar-refractivity contribution in [3.63, 3.8) is 0 Å². The smallest absolute Gasteiger partial charge is 0.0979 e. The summed E-state index contributed by atoms with van der Waals surface area (Å²) >= 11 is 1.87. The second-order valence-electron chi connectivity index (χ2n) is 18.1. The molecule has 2 aromatic heterocycles. The van der Waals surface area contributed by atoms with E-state index in [0.29, 0.717) is 0 Å². The first-order valence-corrected chi connectivity index (χ1v) is 24.3. The summed E-state index contributed by atoms with van der Waals surface area (Å²) in [6.45, 7) is 0. The van der Waals surface area contributed by atoms with E-state index < -0.39 is 0 Å². The maximum absolute atomic E-state index is 5.48. The number of hydrogen-bond acceptors (Lipinski definition) is 3. The first-order valence-electron chi connectivity index (χ1n) is 23.5. The molecule has 0 saturated heterocycles. The Balaban J connectivity index is 0.846. The van der Waals surface area contributed by atoms with Crippen molar-refractivity contribution in [2.75, 3.05) is 0 Å². The largest absolute Gasteiger partial charge is 0.252 e. The molecule has 320 valence electrons. The van der Waals surface area contributed by atoms with Crippen molar-refractivity contribution in [3.8, 4) is 66.9 Å². The van der Waals surface area contributed by atoms with Gasteiger partial charge in [-0.1, -0.05) is 194 Å². The Kier molecular flexibility index (Phi) is 9.11. The summed E-state index contributed by atoms with van der Waals surface area (Å²) in [6.07, 6.45) is 1.95. The fourth-order valence-electron chi connectivity index (χ4n) is 10.5. The molecular formula is C66H40N2S. The fraction of sp³-hybridized carbons (Fsp3) is 0. The zero-order valence-electron chi connectivity index (χ0n) is 37.4. The molecule has 14 aromatic rings. The van der Waals surface area contributed by atoms with Gasteiger partial charge >= 0.3 is 0 Å². The van der Waals surface area contributed by atoms with Crippen molar-refractivity contribution in [2.24, 2.45) is 0 Å². The van der Waals surface area contributed by atoms with E-state index in [1.807, 2.05) is 17.5 Å². The highest BCUT2D eigenvalue weighted by atomic mass is 32.1. The van der Waals surface area contributed by atoms with E-state index in [0.717, 1.165) is 55.0 Å². The van der Waals surface area contributed by atoms with Crippen LogP contribution in [0.1, 0.15) is 0 Å². The molecule has 14 rings (SSSR count). The van der Waals surface area contributed by atoms with Gasteiger partial charge in [-0.05, 0) is 130 Å². The third-order valence-corrected chi connectivity index (χ3v) is 15.3. The molecule has 0 amide bonds. The zero-order valence-corrected chi connectivity index (χ0v) is 38.2. The molecule has 0 aliphatic rings. The quantitative estimate of drug-likeness (QED) is 0.155. The maximum Gasteiger partial charge on any atom is 0.0979 e. The van der Waals surface area contributed by atoms with Crippen molar-refractivity contribution in [2.45, 2.75) is 0 Å². The van der Waals surface area contributed by atoms with E-state index in [-0.39, 0.29) is 0 Å². The summed E-state index contributed by atoms with van der Waals surface area (Å²) in [5, 5.41) is 12.1. The molecule has 69 heavy (non-hydrogen) atoms. The van der Waals surface area contributed by atoms with E-state index in [1.54, 1.807) is 0 Å². The zero-order chi connectivity index (χ0) is 45.4. The van der Waals surface area contributed by atoms with Crippen molar-refractivity contribution in [1.29, 1.82) is 0 Å². The van der Waals surface area contributed by atoms with Crippen LogP contribution in [-0.4, -0.2) is 9.97 Å². The van der Waals surface area contributed by atoms with Crippen LogP contribution in [0.25, 0.3) is 141 Å². The lowest BCUT2D eigenvalue weighted by molar-refractivity contribution is 1.31. The molecule has 0 N–H and O–H groups in total. The van der Waals surface area contributed by atoms with Crippen molar-refractivity contribution < 1.29 is 0 Å². The lowest BCUT2D eigenvalue weighted by Gasteiger charge is -2.14. The summed E-state index contributed by atoms with van der Waals surface area (Å²) in [6, 6.07) is 86.3. The van der Waals surface area contributed by atoms with Crippen LogP contribution in [0.2, 0.25) is 0 Å². The third kappa shape index (κ3) is 6.78. The van der Waals surface area contributed by atoms with Gasteiger partial charge < -0.3 is 0 Å². The maximum atomic E-state index is 5.48. The topological polar surface area (TPSA) is 25.8 Å². The van der Waals surface area contributed by atoms with E-state index in [2.05, 4.69) is 237 Å². The number of nitrogens with zero attached hydrogens (tertiary/aromatic N) is 2. The third-order valence-electron chi connectivity index (χ3n) is 14.1. The lowest BCUT2D eigenvalue weighted by atomic mass is 9.92. The molecule has 2 heterocycles. The summed E-state index contributed by atoms with van der Waals surface area (Å²) in [7, 11) is 0. The standard InChI is InChI=1S/C66H40N2S/c1-3-12-45-35-50(28-24-41(45)10-1)52-30-32-57-60(38-52)61-39-53(51-29-25-42-11-2-4-13-46(42)36-51)31-33-58(61)65-64(57)67-40-62(68-65)54-17-8-16-49(37-54)48-15-7-14-47(34-48)43-22-26-44(27-23-43)55-19-9-20-59-56-18-5-6-21-63(56)69-66(55)59/h1-40H. The van der Waals surface area contributed by atoms with Gasteiger partial charge in [0.2, 0.25) is 0 Å². The minimum absolute atomic E-state index is 0.844. The van der Waals surface area contributed by atoms with Crippen LogP contribution in [0.3, 0.4) is 0 Å². The summed E-state index contributed by atoms with van der Waals surface area (Å²) in [4.78, 5) is 10.7. The van der Waals surface area contributed by atoms with E-state index in [1.165, 1.54) is 86.2 Å². The van der Waals surface area contributed by atoms with Crippen LogP contribution >= 0.6 is 11.3 Å². The number of thiophene rings is 1. The predicted molar refractivity (Wildman–Crippen MR) is 295 cm³/mol. The molecule has 0 radical (unpaired) electrons. The molecule has 0 spiro atoms. The van der Waals surface area contributed by atoms with E-state index >= 15 is 0 Å². The van der Waals surface area contributed by atoms with Gasteiger partial charge in [0.05, 0.1) is 22.9 Å². The molecule has 12 aromatic carbocycles. The van der Waals surface area contributed by atoms with Gasteiger partial charge in [-0.25, -0.2) is 4.98 Å². The van der Waals surface area contributed by atoms with E-state index in [9.17, 15) is 0 Å². The summed E-state index contributed by atoms with van der Waals surface area (Å²) in [5.41, 5.74) is 15.6. The highest BCUT2D eigenvalue weighted by molar-refractivity contribution is 7.26. The van der Waals surface area contributed by atoms with Crippen LogP contribution in [0.4, 0.5) is 0 Å². The number of benzene rings is 12. The molecule has 0 aliphatic carbocycles. The Morgan fingerprint density at radius 2 is 0.754 bits per heavy atom. The van der Waals surface area contributed by atoms with Crippen molar-refractivity contribution in [1.82, 2.24) is 9.97 Å². The molecule has 2 nitrogen and oxygen atoms in total. The lowest BCUT2D eigenvalue weighted by Crippen LogP contribution is -1.93. The number of rotatable bonds is 6. The van der Waals surface area contributed by atoms with Crippen molar-refractivity contribution >= 4 is 85.6 Å². The SMILES string of the molecule is c1cc(-c2ccc(-c3cccc4c3sc3ccccc34)cc2)cc(-c2cccc(-c3cnc4c5ccc(-c6ccc7ccccc7c6)cc5c5cc(-c6ccc7ccccc7c6)ccc5c4n3)c2)c1. The van der Waals surface area contributed by atoms with Crippen LogP contribution < -0.4 is 0 Å². The van der Waals surface area contributed by atoms with Crippen LogP contribution in [0, 0.1) is 0 Å². The average Bonchev–Trinajstić information content (AvgIpc) is 3.82. The fourth-order valence-corrected chi connectivity index (χ4v) is 11.7. The van der Waals surface area contributed by atoms with Gasteiger partial charge in [-0.2, -0.15) is 0 Å². The first-order chi connectivity index (χ1) is 34.1. The minimum Gasteiger partial charge on any atom is -0.252 e. The van der Waals surface area contributed by atoms with Crippen LogP contribution in [-0.2, 0) is 0 Å². The number of aromatic nitrogens is 2. The molecule has 0 saturated carbocycles. The molecule has 0 fully saturated rings.